The zero-order valence-corrected chi connectivity index (χ0v) is 16.5. The van der Waals surface area contributed by atoms with Gasteiger partial charge in [-0.15, -0.1) is 13.2 Å². The molecule has 0 aliphatic carbocycles. The van der Waals surface area contributed by atoms with E-state index in [1.807, 2.05) is 0 Å². The predicted octanol–water partition coefficient (Wildman–Crippen LogP) is 5.46. The Kier molecular flexibility index (Phi) is 5.56. The molecule has 0 saturated heterocycles. The largest absolute Gasteiger partial charge is 0.573 e. The second-order valence-electron chi connectivity index (χ2n) is 7.85. The van der Waals surface area contributed by atoms with E-state index in [1.165, 1.54) is 43.0 Å². The SMILES string of the molecule is CC(C)(C)C(O)(c1cncnc1)c1ccc(-c2ccc(OC(F)(F)F)cc2)cc1F. The number of halogens is 4. The lowest BCUT2D eigenvalue weighted by Gasteiger charge is -2.41. The average molecular weight is 420 g/mol. The van der Waals surface area contributed by atoms with Gasteiger partial charge in [-0.25, -0.2) is 14.4 Å². The molecule has 0 spiro atoms. The highest BCUT2D eigenvalue weighted by molar-refractivity contribution is 5.65. The molecule has 1 unspecified atom stereocenters. The van der Waals surface area contributed by atoms with E-state index in [0.717, 1.165) is 12.1 Å². The van der Waals surface area contributed by atoms with Gasteiger partial charge >= 0.3 is 6.36 Å². The van der Waals surface area contributed by atoms with Crippen LogP contribution in [0.1, 0.15) is 31.9 Å². The Morgan fingerprint density at radius 1 is 0.867 bits per heavy atom. The van der Waals surface area contributed by atoms with E-state index in [4.69, 9.17) is 0 Å². The van der Waals surface area contributed by atoms with Gasteiger partial charge in [0.15, 0.2) is 0 Å². The van der Waals surface area contributed by atoms with Crippen molar-refractivity contribution in [3.8, 4) is 16.9 Å². The van der Waals surface area contributed by atoms with E-state index in [-0.39, 0.29) is 11.3 Å². The lowest BCUT2D eigenvalue weighted by atomic mass is 9.68. The number of rotatable bonds is 4. The van der Waals surface area contributed by atoms with Gasteiger partial charge in [0.25, 0.3) is 0 Å². The van der Waals surface area contributed by atoms with Crippen molar-refractivity contribution in [2.45, 2.75) is 32.7 Å². The second kappa shape index (κ2) is 7.68. The summed E-state index contributed by atoms with van der Waals surface area (Å²) >= 11 is 0. The summed E-state index contributed by atoms with van der Waals surface area (Å²) in [6.07, 6.45) is -0.595. The fourth-order valence-electron chi connectivity index (χ4n) is 3.32. The highest BCUT2D eigenvalue weighted by Gasteiger charge is 2.45. The number of hydrogen-bond donors (Lipinski definition) is 1. The first-order valence-electron chi connectivity index (χ1n) is 9.06. The van der Waals surface area contributed by atoms with Crippen molar-refractivity contribution in [3.63, 3.8) is 0 Å². The topological polar surface area (TPSA) is 55.2 Å². The summed E-state index contributed by atoms with van der Waals surface area (Å²) in [4.78, 5) is 7.87. The van der Waals surface area contributed by atoms with E-state index in [9.17, 15) is 18.3 Å². The minimum atomic E-state index is -4.78. The second-order valence-corrected chi connectivity index (χ2v) is 7.85. The first kappa shape index (κ1) is 21.7. The molecule has 1 heterocycles. The number of ether oxygens (including phenoxy) is 1. The van der Waals surface area contributed by atoms with E-state index in [1.54, 1.807) is 26.8 Å². The van der Waals surface area contributed by atoms with Crippen LogP contribution >= 0.6 is 0 Å². The molecule has 4 nitrogen and oxygen atoms in total. The Morgan fingerprint density at radius 2 is 1.43 bits per heavy atom. The van der Waals surface area contributed by atoms with Crippen LogP contribution in [0.25, 0.3) is 11.1 Å². The van der Waals surface area contributed by atoms with Gasteiger partial charge in [-0.2, -0.15) is 0 Å². The molecule has 0 aliphatic rings. The standard InChI is InChI=1S/C22H20F4N2O2/c1-20(2,3)21(29,16-11-27-13-28-12-16)18-9-6-15(10-19(18)23)14-4-7-17(8-5-14)30-22(24,25)26/h4-13,29H,1-3H3. The molecule has 30 heavy (non-hydrogen) atoms. The third kappa shape index (κ3) is 4.28. The van der Waals surface area contributed by atoms with Gasteiger partial charge < -0.3 is 9.84 Å². The number of alkyl halides is 3. The molecule has 2 aromatic carbocycles. The highest BCUT2D eigenvalue weighted by atomic mass is 19.4. The van der Waals surface area contributed by atoms with Crippen molar-refractivity contribution in [2.75, 3.05) is 0 Å². The zero-order chi connectivity index (χ0) is 22.2. The summed E-state index contributed by atoms with van der Waals surface area (Å²) in [6.45, 7) is 5.31. The summed E-state index contributed by atoms with van der Waals surface area (Å²) in [6, 6.07) is 9.40. The van der Waals surface area contributed by atoms with Crippen LogP contribution in [0.2, 0.25) is 0 Å². The first-order chi connectivity index (χ1) is 13.9. The number of hydrogen-bond acceptors (Lipinski definition) is 4. The number of aliphatic hydroxyl groups is 1. The van der Waals surface area contributed by atoms with Crippen LogP contribution in [-0.2, 0) is 5.60 Å². The lowest BCUT2D eigenvalue weighted by Crippen LogP contribution is -2.42. The Balaban J connectivity index is 2.00. The van der Waals surface area contributed by atoms with Gasteiger partial charge in [-0.3, -0.25) is 0 Å². The molecule has 3 aromatic rings. The van der Waals surface area contributed by atoms with Crippen LogP contribution in [0.3, 0.4) is 0 Å². The normalized spacial score (nSPS) is 14.3. The van der Waals surface area contributed by atoms with Gasteiger partial charge in [-0.1, -0.05) is 45.0 Å². The predicted molar refractivity (Wildman–Crippen MR) is 103 cm³/mol. The van der Waals surface area contributed by atoms with Crippen molar-refractivity contribution in [1.29, 1.82) is 0 Å². The molecule has 0 bridgehead atoms. The fraction of sp³-hybridized carbons (Fsp3) is 0.273. The summed E-state index contributed by atoms with van der Waals surface area (Å²) in [5, 5.41) is 11.5. The van der Waals surface area contributed by atoms with Crippen molar-refractivity contribution >= 4 is 0 Å². The molecule has 1 atom stereocenters. The Hall–Kier alpha value is -3.00. The van der Waals surface area contributed by atoms with Crippen LogP contribution in [0.5, 0.6) is 5.75 Å². The number of benzene rings is 2. The highest BCUT2D eigenvalue weighted by Crippen LogP contribution is 2.45. The van der Waals surface area contributed by atoms with Gasteiger partial charge in [-0.05, 0) is 34.7 Å². The molecular weight excluding hydrogens is 400 g/mol. The quantitative estimate of drug-likeness (QED) is 0.569. The molecule has 0 radical (unpaired) electrons. The number of nitrogens with zero attached hydrogens (tertiary/aromatic N) is 2. The monoisotopic (exact) mass is 420 g/mol. The van der Waals surface area contributed by atoms with Crippen molar-refractivity contribution in [2.24, 2.45) is 5.41 Å². The molecule has 8 heteroatoms. The van der Waals surface area contributed by atoms with E-state index in [0.29, 0.717) is 16.7 Å². The molecule has 0 amide bonds. The summed E-state index contributed by atoms with van der Waals surface area (Å²) < 4.78 is 55.9. The van der Waals surface area contributed by atoms with E-state index < -0.39 is 23.2 Å². The summed E-state index contributed by atoms with van der Waals surface area (Å²) in [5.41, 5.74) is -1.17. The molecule has 158 valence electrons. The minimum absolute atomic E-state index is 0.0468. The Labute approximate surface area is 171 Å². The zero-order valence-electron chi connectivity index (χ0n) is 16.5. The van der Waals surface area contributed by atoms with Gasteiger partial charge in [0.05, 0.1) is 0 Å². The first-order valence-corrected chi connectivity index (χ1v) is 9.06. The van der Waals surface area contributed by atoms with Crippen LogP contribution in [0.4, 0.5) is 17.6 Å². The van der Waals surface area contributed by atoms with E-state index in [2.05, 4.69) is 14.7 Å². The van der Waals surface area contributed by atoms with Gasteiger partial charge in [0.1, 0.15) is 23.5 Å². The molecule has 1 N–H and O–H groups in total. The maximum absolute atomic E-state index is 15.2. The molecule has 3 rings (SSSR count). The van der Waals surface area contributed by atoms with Crippen LogP contribution < -0.4 is 4.74 Å². The molecule has 0 fully saturated rings. The summed E-state index contributed by atoms with van der Waals surface area (Å²) in [7, 11) is 0. The van der Waals surface area contributed by atoms with Crippen molar-refractivity contribution < 1.29 is 27.4 Å². The van der Waals surface area contributed by atoms with Crippen LogP contribution in [0, 0.1) is 11.2 Å². The van der Waals surface area contributed by atoms with E-state index >= 15 is 4.39 Å². The Morgan fingerprint density at radius 3 is 1.93 bits per heavy atom. The van der Waals surface area contributed by atoms with Crippen LogP contribution in [0.15, 0.2) is 61.2 Å². The molecule has 0 aliphatic heterocycles. The lowest BCUT2D eigenvalue weighted by molar-refractivity contribution is -0.274. The van der Waals surface area contributed by atoms with Gasteiger partial charge in [0, 0.05) is 23.5 Å². The summed E-state index contributed by atoms with van der Waals surface area (Å²) in [5.74, 6) is -1.03. The number of aromatic nitrogens is 2. The smallest absolute Gasteiger partial charge is 0.406 e. The third-order valence-electron chi connectivity index (χ3n) is 4.84. The molecule has 0 saturated carbocycles. The molecular formula is C22H20F4N2O2. The maximum atomic E-state index is 15.2. The fourth-order valence-corrected chi connectivity index (χ4v) is 3.32. The van der Waals surface area contributed by atoms with Crippen LogP contribution in [-0.4, -0.2) is 21.4 Å². The third-order valence-corrected chi connectivity index (χ3v) is 4.84. The van der Waals surface area contributed by atoms with Gasteiger partial charge in [0.2, 0.25) is 0 Å². The Bertz CT molecular complexity index is 1020. The maximum Gasteiger partial charge on any atom is 0.573 e. The van der Waals surface area contributed by atoms with Crippen molar-refractivity contribution in [3.05, 3.63) is 78.1 Å². The average Bonchev–Trinajstić information content (AvgIpc) is 2.66. The molecule has 1 aromatic heterocycles. The van der Waals surface area contributed by atoms with Crippen molar-refractivity contribution in [1.82, 2.24) is 9.97 Å². The minimum Gasteiger partial charge on any atom is -0.406 e.